The minimum Gasteiger partial charge on any atom is -0.393 e. The van der Waals surface area contributed by atoms with Crippen molar-refractivity contribution in [3.63, 3.8) is 0 Å². The summed E-state index contributed by atoms with van der Waals surface area (Å²) < 4.78 is 0. The van der Waals surface area contributed by atoms with Gasteiger partial charge in [-0.3, -0.25) is 0 Å². The molecule has 2 saturated carbocycles. The van der Waals surface area contributed by atoms with E-state index < -0.39 is 0 Å². The molecule has 1 heteroatoms. The van der Waals surface area contributed by atoms with Crippen LogP contribution in [0.25, 0.3) is 0 Å². The molecule has 0 saturated heterocycles. The van der Waals surface area contributed by atoms with Gasteiger partial charge in [-0.25, -0.2) is 0 Å². The standard InChI is InChI=1S/C13H24O/c1-12(2)11(14)8-7-10-6-4-5-9-13(10,12)3/h10-11,14H,4-9H2,1-3H3/t10?,11-,13-/m0/s1. The van der Waals surface area contributed by atoms with Crippen LogP contribution in [0.4, 0.5) is 0 Å². The number of hydrogen-bond acceptors (Lipinski definition) is 1. The molecule has 0 spiro atoms. The first kappa shape index (κ1) is 10.5. The van der Waals surface area contributed by atoms with Crippen LogP contribution in [0.5, 0.6) is 0 Å². The zero-order valence-electron chi connectivity index (χ0n) is 9.84. The molecule has 0 amide bonds. The minimum absolute atomic E-state index is 0.0816. The van der Waals surface area contributed by atoms with Gasteiger partial charge in [0.15, 0.2) is 0 Å². The summed E-state index contributed by atoms with van der Waals surface area (Å²) in [7, 11) is 0. The van der Waals surface area contributed by atoms with Crippen molar-refractivity contribution in [1.29, 1.82) is 0 Å². The van der Waals surface area contributed by atoms with Crippen molar-refractivity contribution in [3.8, 4) is 0 Å². The Bertz CT molecular complexity index is 221. The van der Waals surface area contributed by atoms with E-state index in [2.05, 4.69) is 20.8 Å². The molecule has 0 bridgehead atoms. The molecule has 2 rings (SSSR count). The van der Waals surface area contributed by atoms with Gasteiger partial charge < -0.3 is 5.11 Å². The average molecular weight is 196 g/mol. The van der Waals surface area contributed by atoms with E-state index in [1.54, 1.807) is 0 Å². The predicted octanol–water partition coefficient (Wildman–Crippen LogP) is 3.36. The normalized spacial score (nSPS) is 47.1. The Hall–Kier alpha value is -0.0400. The summed E-state index contributed by atoms with van der Waals surface area (Å²) in [6.45, 7) is 6.96. The monoisotopic (exact) mass is 196 g/mol. The molecule has 82 valence electrons. The van der Waals surface area contributed by atoms with Crippen LogP contribution in [-0.4, -0.2) is 11.2 Å². The molecule has 2 fully saturated rings. The molecule has 14 heavy (non-hydrogen) atoms. The van der Waals surface area contributed by atoms with Crippen molar-refractivity contribution in [3.05, 3.63) is 0 Å². The SMILES string of the molecule is CC1(C)[C@@H](O)CCC2CCCC[C@@]21C. The molecule has 1 N–H and O–H groups in total. The van der Waals surface area contributed by atoms with Gasteiger partial charge in [0.25, 0.3) is 0 Å². The minimum atomic E-state index is -0.0816. The molecule has 0 aromatic carbocycles. The summed E-state index contributed by atoms with van der Waals surface area (Å²) in [5, 5.41) is 10.1. The van der Waals surface area contributed by atoms with E-state index in [-0.39, 0.29) is 11.5 Å². The Morgan fingerprint density at radius 3 is 2.43 bits per heavy atom. The lowest BCUT2D eigenvalue weighted by molar-refractivity contribution is -0.133. The highest BCUT2D eigenvalue weighted by molar-refractivity contribution is 5.03. The molecule has 2 aliphatic carbocycles. The Morgan fingerprint density at radius 2 is 1.71 bits per heavy atom. The molecule has 0 aliphatic heterocycles. The lowest BCUT2D eigenvalue weighted by Gasteiger charge is -2.57. The van der Waals surface area contributed by atoms with Crippen molar-refractivity contribution in [2.75, 3.05) is 0 Å². The van der Waals surface area contributed by atoms with E-state index in [4.69, 9.17) is 0 Å². The zero-order valence-corrected chi connectivity index (χ0v) is 9.84. The molecule has 0 heterocycles. The second-order valence-electron chi connectivity index (χ2n) is 6.18. The first-order valence-corrected chi connectivity index (χ1v) is 6.16. The van der Waals surface area contributed by atoms with Gasteiger partial charge >= 0.3 is 0 Å². The number of aliphatic hydroxyl groups excluding tert-OH is 1. The fourth-order valence-corrected chi connectivity index (χ4v) is 3.82. The molecule has 3 atom stereocenters. The van der Waals surface area contributed by atoms with E-state index >= 15 is 0 Å². The van der Waals surface area contributed by atoms with Gasteiger partial charge in [-0.05, 0) is 42.4 Å². The lowest BCUT2D eigenvalue weighted by atomic mass is 9.48. The van der Waals surface area contributed by atoms with Crippen LogP contribution in [0.2, 0.25) is 0 Å². The first-order valence-electron chi connectivity index (χ1n) is 6.16. The van der Waals surface area contributed by atoms with Crippen molar-refractivity contribution < 1.29 is 5.11 Å². The van der Waals surface area contributed by atoms with Crippen LogP contribution in [0, 0.1) is 16.7 Å². The van der Waals surface area contributed by atoms with Crippen LogP contribution < -0.4 is 0 Å². The van der Waals surface area contributed by atoms with E-state index in [0.717, 1.165) is 12.3 Å². The van der Waals surface area contributed by atoms with Crippen molar-refractivity contribution in [2.24, 2.45) is 16.7 Å². The topological polar surface area (TPSA) is 20.2 Å². The van der Waals surface area contributed by atoms with E-state index in [9.17, 15) is 5.11 Å². The van der Waals surface area contributed by atoms with Gasteiger partial charge in [-0.15, -0.1) is 0 Å². The fourth-order valence-electron chi connectivity index (χ4n) is 3.82. The molecular formula is C13H24O. The van der Waals surface area contributed by atoms with Gasteiger partial charge in [0.1, 0.15) is 0 Å². The van der Waals surface area contributed by atoms with E-state index in [1.165, 1.54) is 32.1 Å². The number of aliphatic hydroxyl groups is 1. The largest absolute Gasteiger partial charge is 0.393 e. The molecule has 1 nitrogen and oxygen atoms in total. The fraction of sp³-hybridized carbons (Fsp3) is 1.00. The van der Waals surface area contributed by atoms with Gasteiger partial charge in [0.2, 0.25) is 0 Å². The maximum absolute atomic E-state index is 10.1. The summed E-state index contributed by atoms with van der Waals surface area (Å²) >= 11 is 0. The zero-order chi connectivity index (χ0) is 10.4. The lowest BCUT2D eigenvalue weighted by Crippen LogP contribution is -2.53. The number of rotatable bonds is 0. The van der Waals surface area contributed by atoms with Crippen molar-refractivity contribution in [1.82, 2.24) is 0 Å². The molecule has 1 unspecified atom stereocenters. The Morgan fingerprint density at radius 1 is 1.00 bits per heavy atom. The van der Waals surface area contributed by atoms with E-state index in [0.29, 0.717) is 5.41 Å². The van der Waals surface area contributed by atoms with E-state index in [1.807, 2.05) is 0 Å². The molecule has 0 radical (unpaired) electrons. The summed E-state index contributed by atoms with van der Waals surface area (Å²) in [4.78, 5) is 0. The van der Waals surface area contributed by atoms with Gasteiger partial charge in [0, 0.05) is 0 Å². The molecular weight excluding hydrogens is 172 g/mol. The third-order valence-electron chi connectivity index (χ3n) is 5.49. The second kappa shape index (κ2) is 3.23. The van der Waals surface area contributed by atoms with Crippen LogP contribution in [-0.2, 0) is 0 Å². The van der Waals surface area contributed by atoms with Crippen molar-refractivity contribution >= 4 is 0 Å². The van der Waals surface area contributed by atoms with Gasteiger partial charge in [0.05, 0.1) is 6.10 Å². The van der Waals surface area contributed by atoms with Crippen LogP contribution in [0.15, 0.2) is 0 Å². The highest BCUT2D eigenvalue weighted by Gasteiger charge is 2.53. The van der Waals surface area contributed by atoms with Gasteiger partial charge in [-0.1, -0.05) is 33.6 Å². The number of hydrogen-bond donors (Lipinski definition) is 1. The number of fused-ring (bicyclic) bond motifs is 1. The quantitative estimate of drug-likeness (QED) is 0.630. The summed E-state index contributed by atoms with van der Waals surface area (Å²) in [5.74, 6) is 0.870. The molecule has 0 aromatic rings. The third kappa shape index (κ3) is 1.25. The van der Waals surface area contributed by atoms with Crippen LogP contribution >= 0.6 is 0 Å². The Kier molecular flexibility index (Phi) is 2.42. The predicted molar refractivity (Wildman–Crippen MR) is 59.1 cm³/mol. The first-order chi connectivity index (χ1) is 6.48. The Balaban J connectivity index is 2.29. The molecule has 2 aliphatic rings. The van der Waals surface area contributed by atoms with Crippen LogP contribution in [0.1, 0.15) is 59.3 Å². The summed E-state index contributed by atoms with van der Waals surface area (Å²) in [6.07, 6.45) is 7.68. The maximum atomic E-state index is 10.1. The Labute approximate surface area is 87.9 Å². The average Bonchev–Trinajstić information content (AvgIpc) is 2.14. The highest BCUT2D eigenvalue weighted by Crippen LogP contribution is 2.59. The third-order valence-corrected chi connectivity index (χ3v) is 5.49. The van der Waals surface area contributed by atoms with Gasteiger partial charge in [-0.2, -0.15) is 0 Å². The van der Waals surface area contributed by atoms with Crippen molar-refractivity contribution in [2.45, 2.75) is 65.4 Å². The maximum Gasteiger partial charge on any atom is 0.0596 e. The highest BCUT2D eigenvalue weighted by atomic mass is 16.3. The smallest absolute Gasteiger partial charge is 0.0596 e. The summed E-state index contributed by atoms with van der Waals surface area (Å²) in [6, 6.07) is 0. The second-order valence-corrected chi connectivity index (χ2v) is 6.18. The van der Waals surface area contributed by atoms with Crippen LogP contribution in [0.3, 0.4) is 0 Å². The molecule has 0 aromatic heterocycles. The summed E-state index contributed by atoms with van der Waals surface area (Å²) in [5.41, 5.74) is 0.513.